The maximum Gasteiger partial charge on any atom is 0.407 e. The Kier molecular flexibility index (Phi) is 3.92. The molecular formula is C23H24N2O2. The highest BCUT2D eigenvalue weighted by Crippen LogP contribution is 2.40. The Morgan fingerprint density at radius 2 is 1.81 bits per heavy atom. The van der Waals surface area contributed by atoms with Crippen LogP contribution in [-0.4, -0.2) is 33.8 Å². The van der Waals surface area contributed by atoms with Crippen molar-refractivity contribution < 1.29 is 9.90 Å². The molecule has 0 saturated carbocycles. The van der Waals surface area contributed by atoms with Crippen molar-refractivity contribution in [3.05, 3.63) is 70.9 Å². The average Bonchev–Trinajstić information content (AvgIpc) is 2.85. The Morgan fingerprint density at radius 3 is 2.63 bits per heavy atom. The van der Waals surface area contributed by atoms with E-state index >= 15 is 0 Å². The van der Waals surface area contributed by atoms with Crippen LogP contribution in [0.2, 0.25) is 0 Å². The summed E-state index contributed by atoms with van der Waals surface area (Å²) in [5.41, 5.74) is 6.95. The van der Waals surface area contributed by atoms with Gasteiger partial charge in [-0.15, -0.1) is 0 Å². The predicted molar refractivity (Wildman–Crippen MR) is 106 cm³/mol. The van der Waals surface area contributed by atoms with Gasteiger partial charge >= 0.3 is 6.09 Å². The lowest BCUT2D eigenvalue weighted by Gasteiger charge is -2.28. The predicted octanol–water partition coefficient (Wildman–Crippen LogP) is 4.45. The van der Waals surface area contributed by atoms with E-state index < -0.39 is 6.09 Å². The summed E-state index contributed by atoms with van der Waals surface area (Å²) in [5.74, 6) is 0. The van der Waals surface area contributed by atoms with Crippen LogP contribution in [0.25, 0.3) is 10.9 Å². The number of carbonyl (C=O) groups is 1. The molecule has 1 atom stereocenters. The molecule has 1 aromatic heterocycles. The summed E-state index contributed by atoms with van der Waals surface area (Å²) in [4.78, 5) is 13.1. The Morgan fingerprint density at radius 1 is 1.00 bits per heavy atom. The number of hydrogen-bond acceptors (Lipinski definition) is 1. The number of amides is 1. The zero-order chi connectivity index (χ0) is 18.4. The van der Waals surface area contributed by atoms with Gasteiger partial charge in [-0.2, -0.15) is 0 Å². The molecule has 1 N–H and O–H groups in total. The van der Waals surface area contributed by atoms with E-state index in [1.54, 1.807) is 4.90 Å². The van der Waals surface area contributed by atoms with Crippen molar-refractivity contribution in [3.63, 3.8) is 0 Å². The maximum absolute atomic E-state index is 11.5. The van der Waals surface area contributed by atoms with Crippen LogP contribution in [0, 0.1) is 0 Å². The number of fused-ring (bicyclic) bond motifs is 3. The third-order valence-corrected chi connectivity index (χ3v) is 6.27. The lowest BCUT2D eigenvalue weighted by molar-refractivity contribution is 0.147. The van der Waals surface area contributed by atoms with Crippen molar-refractivity contribution in [2.75, 3.05) is 13.1 Å². The van der Waals surface area contributed by atoms with Gasteiger partial charge in [-0.3, -0.25) is 0 Å². The number of rotatable bonds is 2. The van der Waals surface area contributed by atoms with Crippen LogP contribution in [0.4, 0.5) is 4.79 Å². The summed E-state index contributed by atoms with van der Waals surface area (Å²) in [6.07, 6.45) is 4.12. The first-order valence-electron chi connectivity index (χ1n) is 9.87. The largest absolute Gasteiger partial charge is 0.465 e. The van der Waals surface area contributed by atoms with Gasteiger partial charge in [0.25, 0.3) is 0 Å². The quantitative estimate of drug-likeness (QED) is 0.734. The normalized spacial score (nSPS) is 19.0. The van der Waals surface area contributed by atoms with Crippen LogP contribution in [0.1, 0.15) is 34.8 Å². The molecule has 2 aliphatic rings. The molecule has 4 nitrogen and oxygen atoms in total. The second kappa shape index (κ2) is 6.45. The highest BCUT2D eigenvalue weighted by molar-refractivity contribution is 5.89. The van der Waals surface area contributed by atoms with Crippen LogP contribution in [0.5, 0.6) is 0 Å². The van der Waals surface area contributed by atoms with Crippen molar-refractivity contribution in [3.8, 4) is 0 Å². The molecular weight excluding hydrogens is 336 g/mol. The van der Waals surface area contributed by atoms with E-state index in [0.717, 1.165) is 32.1 Å². The van der Waals surface area contributed by atoms with Gasteiger partial charge in [0.05, 0.1) is 5.52 Å². The van der Waals surface area contributed by atoms with E-state index in [1.807, 2.05) is 0 Å². The molecule has 1 amide bonds. The molecule has 27 heavy (non-hydrogen) atoms. The van der Waals surface area contributed by atoms with E-state index in [9.17, 15) is 9.90 Å². The van der Waals surface area contributed by atoms with Gasteiger partial charge in [0.2, 0.25) is 0 Å². The number of carboxylic acid groups (broad SMARTS) is 1. The number of aromatic nitrogens is 1. The van der Waals surface area contributed by atoms with Gasteiger partial charge in [0.15, 0.2) is 0 Å². The van der Waals surface area contributed by atoms with Crippen molar-refractivity contribution in [1.82, 2.24) is 9.47 Å². The molecule has 0 saturated heterocycles. The van der Waals surface area contributed by atoms with E-state index in [-0.39, 0.29) is 0 Å². The number of benzene rings is 2. The van der Waals surface area contributed by atoms with E-state index in [0.29, 0.717) is 19.1 Å². The van der Waals surface area contributed by atoms with Crippen molar-refractivity contribution >= 4 is 17.0 Å². The fourth-order valence-corrected chi connectivity index (χ4v) is 5.03. The number of nitrogens with zero attached hydrogens (tertiary/aromatic N) is 2. The zero-order valence-corrected chi connectivity index (χ0v) is 15.4. The summed E-state index contributed by atoms with van der Waals surface area (Å²) >= 11 is 0. The standard InChI is InChI=1S/C23H24N2O2/c26-23(27)24-13-11-19-20-8-4-7-17-9-10-18(15-16-5-2-1-3-6-16)25(22(17)20)21(19)12-14-24/h1-8,18H,9-15H2,(H,26,27). The molecule has 1 unspecified atom stereocenters. The Hall–Kier alpha value is -2.75. The summed E-state index contributed by atoms with van der Waals surface area (Å²) in [7, 11) is 0. The average molecular weight is 360 g/mol. The summed E-state index contributed by atoms with van der Waals surface area (Å²) in [6.45, 7) is 1.18. The third kappa shape index (κ3) is 2.71. The van der Waals surface area contributed by atoms with Gasteiger partial charge in [0.1, 0.15) is 0 Å². The van der Waals surface area contributed by atoms with Gasteiger partial charge in [-0.25, -0.2) is 4.79 Å². The monoisotopic (exact) mass is 360 g/mol. The molecule has 0 bridgehead atoms. The molecule has 4 heteroatoms. The third-order valence-electron chi connectivity index (χ3n) is 6.27. The fraction of sp³-hybridized carbons (Fsp3) is 0.348. The molecule has 0 aliphatic carbocycles. The Bertz CT molecular complexity index is 1010. The van der Waals surface area contributed by atoms with Crippen molar-refractivity contribution in [1.29, 1.82) is 0 Å². The summed E-state index contributed by atoms with van der Waals surface area (Å²) in [6, 6.07) is 17.8. The highest BCUT2D eigenvalue weighted by Gasteiger charge is 2.30. The van der Waals surface area contributed by atoms with Crippen LogP contribution in [0.3, 0.4) is 0 Å². The second-order valence-electron chi connectivity index (χ2n) is 7.76. The summed E-state index contributed by atoms with van der Waals surface area (Å²) in [5, 5.41) is 10.8. The van der Waals surface area contributed by atoms with E-state index in [2.05, 4.69) is 53.1 Å². The zero-order valence-electron chi connectivity index (χ0n) is 15.4. The lowest BCUT2D eigenvalue weighted by atomic mass is 9.94. The van der Waals surface area contributed by atoms with Crippen molar-refractivity contribution in [2.45, 2.75) is 38.1 Å². The number of hydrogen-bond donors (Lipinski definition) is 1. The molecule has 3 aromatic rings. The van der Waals surface area contributed by atoms with Crippen LogP contribution < -0.4 is 0 Å². The number of aryl methyl sites for hydroxylation is 1. The molecule has 2 aliphatic heterocycles. The van der Waals surface area contributed by atoms with Crippen molar-refractivity contribution in [2.24, 2.45) is 0 Å². The van der Waals surface area contributed by atoms with Gasteiger partial charge in [-0.05, 0) is 42.4 Å². The lowest BCUT2D eigenvalue weighted by Crippen LogP contribution is -2.32. The van der Waals surface area contributed by atoms with Gasteiger partial charge in [-0.1, -0.05) is 48.5 Å². The molecule has 0 radical (unpaired) electrons. The van der Waals surface area contributed by atoms with E-state index in [1.165, 1.54) is 33.3 Å². The Labute approximate surface area is 159 Å². The van der Waals surface area contributed by atoms with Crippen LogP contribution in [-0.2, 0) is 25.7 Å². The topological polar surface area (TPSA) is 45.5 Å². The SMILES string of the molecule is O=C(O)N1CCc2c(n3c4c(cccc24)CCC3Cc2ccccc2)CC1. The molecule has 0 spiro atoms. The van der Waals surface area contributed by atoms with Crippen LogP contribution >= 0.6 is 0 Å². The highest BCUT2D eigenvalue weighted by atomic mass is 16.4. The first-order valence-corrected chi connectivity index (χ1v) is 9.87. The van der Waals surface area contributed by atoms with Gasteiger partial charge < -0.3 is 14.6 Å². The Balaban J connectivity index is 1.62. The first-order chi connectivity index (χ1) is 13.2. The molecule has 0 fully saturated rings. The van der Waals surface area contributed by atoms with Gasteiger partial charge in [0, 0.05) is 36.6 Å². The van der Waals surface area contributed by atoms with E-state index in [4.69, 9.17) is 0 Å². The second-order valence-corrected chi connectivity index (χ2v) is 7.76. The maximum atomic E-state index is 11.5. The molecule has 138 valence electrons. The smallest absolute Gasteiger partial charge is 0.407 e. The first kappa shape index (κ1) is 16.4. The minimum Gasteiger partial charge on any atom is -0.465 e. The van der Waals surface area contributed by atoms with Crippen LogP contribution in [0.15, 0.2) is 48.5 Å². The molecule has 2 aromatic carbocycles. The molecule has 3 heterocycles. The minimum absolute atomic E-state index is 0.449. The summed E-state index contributed by atoms with van der Waals surface area (Å²) < 4.78 is 2.57. The minimum atomic E-state index is -0.801. The molecule has 5 rings (SSSR count). The fourth-order valence-electron chi connectivity index (χ4n) is 5.03. The number of para-hydroxylation sites is 1.